The van der Waals surface area contributed by atoms with E-state index in [-0.39, 0.29) is 24.1 Å². The molecule has 1 fully saturated rings. The molecule has 116 valence electrons. The summed E-state index contributed by atoms with van der Waals surface area (Å²) in [5.41, 5.74) is -0.579. The Morgan fingerprint density at radius 1 is 1.38 bits per heavy atom. The van der Waals surface area contributed by atoms with Gasteiger partial charge in [0.25, 0.3) is 0 Å². The lowest BCUT2D eigenvalue weighted by molar-refractivity contribution is -0.140. The van der Waals surface area contributed by atoms with Gasteiger partial charge in [0.2, 0.25) is 5.91 Å². The fourth-order valence-corrected chi connectivity index (χ4v) is 2.83. The van der Waals surface area contributed by atoms with E-state index in [1.54, 1.807) is 6.07 Å². The Labute approximate surface area is 122 Å². The monoisotopic (exact) mass is 300 g/mol. The van der Waals surface area contributed by atoms with Crippen molar-refractivity contribution in [1.82, 2.24) is 10.2 Å². The van der Waals surface area contributed by atoms with Crippen molar-refractivity contribution in [2.24, 2.45) is 0 Å². The number of hydrogen-bond acceptors (Lipinski definition) is 2. The van der Waals surface area contributed by atoms with E-state index >= 15 is 0 Å². The molecule has 3 nitrogen and oxygen atoms in total. The van der Waals surface area contributed by atoms with E-state index in [2.05, 4.69) is 5.32 Å². The first-order valence-electron chi connectivity index (χ1n) is 7.07. The summed E-state index contributed by atoms with van der Waals surface area (Å²) < 4.78 is 39.4. The van der Waals surface area contributed by atoms with E-state index in [0.29, 0.717) is 0 Å². The number of nitrogens with zero attached hydrogens (tertiary/aromatic N) is 1. The number of hydrogen-bond donors (Lipinski definition) is 1. The molecule has 0 radical (unpaired) electrons. The average molecular weight is 300 g/mol. The van der Waals surface area contributed by atoms with Crippen LogP contribution in [0, 0.1) is 0 Å². The molecule has 1 heterocycles. The molecule has 0 bridgehead atoms. The molecule has 21 heavy (non-hydrogen) atoms. The summed E-state index contributed by atoms with van der Waals surface area (Å²) >= 11 is 0. The van der Waals surface area contributed by atoms with Gasteiger partial charge in [-0.15, -0.1) is 0 Å². The Morgan fingerprint density at radius 2 is 2.05 bits per heavy atom. The second kappa shape index (κ2) is 6.05. The van der Waals surface area contributed by atoms with Crippen LogP contribution in [0.25, 0.3) is 0 Å². The van der Waals surface area contributed by atoms with E-state index in [0.717, 1.165) is 18.9 Å². The number of benzene rings is 1. The van der Waals surface area contributed by atoms with Crippen LogP contribution in [0.2, 0.25) is 0 Å². The van der Waals surface area contributed by atoms with Crippen molar-refractivity contribution in [1.29, 1.82) is 0 Å². The molecule has 1 aliphatic rings. The van der Waals surface area contributed by atoms with Gasteiger partial charge in [0, 0.05) is 11.6 Å². The smallest absolute Gasteiger partial charge is 0.319 e. The maximum atomic E-state index is 13.1. The van der Waals surface area contributed by atoms with Crippen LogP contribution >= 0.6 is 0 Å². The predicted octanol–water partition coefficient (Wildman–Crippen LogP) is 3.32. The van der Waals surface area contributed by atoms with Crippen molar-refractivity contribution >= 4 is 5.91 Å². The first-order valence-corrected chi connectivity index (χ1v) is 7.07. The molecular weight excluding hydrogens is 281 g/mol. The van der Waals surface area contributed by atoms with Crippen molar-refractivity contribution in [3.63, 3.8) is 0 Å². The lowest BCUT2D eigenvalue weighted by atomic mass is 10.0. The van der Waals surface area contributed by atoms with Crippen molar-refractivity contribution in [2.45, 2.75) is 45.1 Å². The van der Waals surface area contributed by atoms with Gasteiger partial charge in [-0.2, -0.15) is 13.2 Å². The number of alkyl halides is 3. The normalized spacial score (nSPS) is 20.9. The van der Waals surface area contributed by atoms with Crippen LogP contribution in [0.15, 0.2) is 24.3 Å². The molecule has 1 aromatic rings. The van der Waals surface area contributed by atoms with Crippen molar-refractivity contribution in [2.75, 3.05) is 6.54 Å². The molecule has 0 saturated carbocycles. The summed E-state index contributed by atoms with van der Waals surface area (Å²) in [6.07, 6.45) is -3.50. The molecule has 2 rings (SSSR count). The highest BCUT2D eigenvalue weighted by atomic mass is 19.4. The Morgan fingerprint density at radius 3 is 2.67 bits per heavy atom. The zero-order valence-corrected chi connectivity index (χ0v) is 12.1. The third-order valence-corrected chi connectivity index (χ3v) is 3.75. The molecule has 0 spiro atoms. The number of nitrogens with one attached hydrogen (secondary N) is 1. The lowest BCUT2D eigenvalue weighted by Gasteiger charge is -2.32. The summed E-state index contributed by atoms with van der Waals surface area (Å²) in [5.74, 6) is -0.155. The van der Waals surface area contributed by atoms with Crippen LogP contribution in [0.5, 0.6) is 0 Å². The van der Waals surface area contributed by atoms with Gasteiger partial charge in [-0.05, 0) is 19.4 Å². The molecule has 1 N–H and O–H groups in total. The number of carbonyl (C=O) groups excluding carboxylic acids is 1. The minimum Gasteiger partial charge on any atom is -0.319 e. The van der Waals surface area contributed by atoms with Crippen LogP contribution in [0.4, 0.5) is 13.2 Å². The Bertz CT molecular complexity index is 516. The molecular formula is C15H19F3N2O. The lowest BCUT2D eigenvalue weighted by Crippen LogP contribution is -2.38. The maximum Gasteiger partial charge on any atom is 0.416 e. The van der Waals surface area contributed by atoms with Gasteiger partial charge in [0.15, 0.2) is 0 Å². The van der Waals surface area contributed by atoms with Crippen LogP contribution < -0.4 is 5.32 Å². The minimum absolute atomic E-state index is 0.0743. The number of carbonyl (C=O) groups is 1. The van der Waals surface area contributed by atoms with Crippen LogP contribution in [-0.2, 0) is 11.0 Å². The van der Waals surface area contributed by atoms with Gasteiger partial charge in [-0.1, -0.05) is 31.5 Å². The van der Waals surface area contributed by atoms with Gasteiger partial charge in [-0.3, -0.25) is 10.1 Å². The zero-order chi connectivity index (χ0) is 15.6. The summed E-state index contributed by atoms with van der Waals surface area (Å²) in [6.45, 7) is 3.94. The van der Waals surface area contributed by atoms with Crippen LogP contribution in [0.1, 0.15) is 44.0 Å². The zero-order valence-electron chi connectivity index (χ0n) is 12.1. The quantitative estimate of drug-likeness (QED) is 0.925. The fourth-order valence-electron chi connectivity index (χ4n) is 2.83. The summed E-state index contributed by atoms with van der Waals surface area (Å²) in [7, 11) is 0. The molecule has 0 aromatic heterocycles. The van der Waals surface area contributed by atoms with Gasteiger partial charge in [0.1, 0.15) is 6.17 Å². The Hall–Kier alpha value is -1.56. The second-order valence-corrected chi connectivity index (χ2v) is 5.31. The summed E-state index contributed by atoms with van der Waals surface area (Å²) in [4.78, 5) is 13.6. The van der Waals surface area contributed by atoms with Crippen molar-refractivity contribution in [3.05, 3.63) is 35.4 Å². The van der Waals surface area contributed by atoms with E-state index in [4.69, 9.17) is 0 Å². The maximum absolute atomic E-state index is 13.1. The number of halogens is 3. The molecule has 1 saturated heterocycles. The standard InChI is InChI=1S/C15H19F3N2O/c1-3-6-10(2)20-13(21)9-19-14(20)11-7-4-5-8-12(11)15(16,17)18/h4-5,7-8,10,14,19H,3,6,9H2,1-2H3. The van der Waals surface area contributed by atoms with E-state index in [1.807, 2.05) is 13.8 Å². The number of amides is 1. The molecule has 2 atom stereocenters. The second-order valence-electron chi connectivity index (χ2n) is 5.31. The van der Waals surface area contributed by atoms with E-state index in [9.17, 15) is 18.0 Å². The molecule has 6 heteroatoms. The highest BCUT2D eigenvalue weighted by Crippen LogP contribution is 2.37. The molecule has 2 unspecified atom stereocenters. The molecule has 1 amide bonds. The third kappa shape index (κ3) is 3.20. The highest BCUT2D eigenvalue weighted by Gasteiger charge is 2.40. The van der Waals surface area contributed by atoms with Crippen molar-refractivity contribution < 1.29 is 18.0 Å². The fraction of sp³-hybridized carbons (Fsp3) is 0.533. The van der Waals surface area contributed by atoms with Gasteiger partial charge >= 0.3 is 6.18 Å². The van der Waals surface area contributed by atoms with Crippen LogP contribution in [-0.4, -0.2) is 23.4 Å². The summed E-state index contributed by atoms with van der Waals surface area (Å²) in [5, 5.41) is 2.90. The predicted molar refractivity (Wildman–Crippen MR) is 73.4 cm³/mol. The van der Waals surface area contributed by atoms with E-state index in [1.165, 1.54) is 17.0 Å². The minimum atomic E-state index is -4.43. The topological polar surface area (TPSA) is 32.3 Å². The van der Waals surface area contributed by atoms with Gasteiger partial charge in [0.05, 0.1) is 12.1 Å². The highest BCUT2D eigenvalue weighted by molar-refractivity contribution is 5.81. The SMILES string of the molecule is CCCC(C)N1C(=O)CNC1c1ccccc1C(F)(F)F. The first-order chi connectivity index (χ1) is 9.86. The van der Waals surface area contributed by atoms with Crippen LogP contribution in [0.3, 0.4) is 0 Å². The van der Waals surface area contributed by atoms with Gasteiger partial charge in [-0.25, -0.2) is 0 Å². The molecule has 1 aromatic carbocycles. The van der Waals surface area contributed by atoms with Gasteiger partial charge < -0.3 is 4.90 Å². The first kappa shape index (κ1) is 15.8. The molecule has 0 aliphatic carbocycles. The average Bonchev–Trinajstić information content (AvgIpc) is 2.80. The summed E-state index contributed by atoms with van der Waals surface area (Å²) in [6, 6.07) is 5.33. The molecule has 1 aliphatic heterocycles. The largest absolute Gasteiger partial charge is 0.416 e. The Kier molecular flexibility index (Phi) is 4.56. The Balaban J connectivity index is 2.39. The third-order valence-electron chi connectivity index (χ3n) is 3.75. The number of rotatable bonds is 4. The van der Waals surface area contributed by atoms with E-state index < -0.39 is 17.9 Å². The van der Waals surface area contributed by atoms with Crippen molar-refractivity contribution in [3.8, 4) is 0 Å².